The van der Waals surface area contributed by atoms with Crippen LogP contribution in [0, 0.1) is 5.92 Å². The van der Waals surface area contributed by atoms with Crippen molar-refractivity contribution in [1.29, 1.82) is 0 Å². The first kappa shape index (κ1) is 10.1. The summed E-state index contributed by atoms with van der Waals surface area (Å²) in [5.74, 6) is 1.02. The molecular formula is C13H24N2. The molecule has 2 saturated heterocycles. The largest absolute Gasteiger partial charge is 0.328 e. The number of piperidine rings is 2. The molecule has 15 heavy (non-hydrogen) atoms. The van der Waals surface area contributed by atoms with E-state index in [1.54, 1.807) is 0 Å². The van der Waals surface area contributed by atoms with Gasteiger partial charge in [0.25, 0.3) is 0 Å². The zero-order chi connectivity index (χ0) is 10.4. The van der Waals surface area contributed by atoms with Crippen molar-refractivity contribution in [3.05, 3.63) is 0 Å². The topological polar surface area (TPSA) is 29.3 Å². The van der Waals surface area contributed by atoms with Gasteiger partial charge in [0.15, 0.2) is 0 Å². The summed E-state index contributed by atoms with van der Waals surface area (Å²) in [5.41, 5.74) is 6.15. The molecule has 1 aliphatic carbocycles. The summed E-state index contributed by atoms with van der Waals surface area (Å²) in [7, 11) is 0. The van der Waals surface area contributed by atoms with Crippen molar-refractivity contribution in [1.82, 2.24) is 4.90 Å². The fourth-order valence-electron chi connectivity index (χ4n) is 3.95. The van der Waals surface area contributed by atoms with E-state index in [4.69, 9.17) is 5.73 Å². The maximum Gasteiger partial charge on any atom is 0.0116 e. The average molecular weight is 208 g/mol. The van der Waals surface area contributed by atoms with E-state index in [9.17, 15) is 0 Å². The SMILES string of the molecule is CC(C1CC1)N1C2CCCC1CC(N)C2. The van der Waals surface area contributed by atoms with Crippen LogP contribution in [-0.2, 0) is 0 Å². The summed E-state index contributed by atoms with van der Waals surface area (Å²) < 4.78 is 0. The van der Waals surface area contributed by atoms with Crippen LogP contribution < -0.4 is 5.73 Å². The highest BCUT2D eigenvalue weighted by Crippen LogP contribution is 2.42. The fraction of sp³-hybridized carbons (Fsp3) is 1.00. The van der Waals surface area contributed by atoms with Gasteiger partial charge >= 0.3 is 0 Å². The van der Waals surface area contributed by atoms with E-state index in [0.29, 0.717) is 6.04 Å². The van der Waals surface area contributed by atoms with Gasteiger partial charge in [0.05, 0.1) is 0 Å². The Hall–Kier alpha value is -0.0800. The van der Waals surface area contributed by atoms with Crippen molar-refractivity contribution in [2.24, 2.45) is 11.7 Å². The van der Waals surface area contributed by atoms with Crippen LogP contribution in [0.3, 0.4) is 0 Å². The highest BCUT2D eigenvalue weighted by molar-refractivity contribution is 4.99. The lowest BCUT2D eigenvalue weighted by Gasteiger charge is -2.51. The van der Waals surface area contributed by atoms with Gasteiger partial charge in [0.1, 0.15) is 0 Å². The summed E-state index contributed by atoms with van der Waals surface area (Å²) in [5, 5.41) is 0. The lowest BCUT2D eigenvalue weighted by Crippen LogP contribution is -2.58. The molecule has 2 aliphatic heterocycles. The van der Waals surface area contributed by atoms with Gasteiger partial charge in [-0.05, 0) is 51.4 Å². The normalized spacial score (nSPS) is 44.0. The molecule has 2 nitrogen and oxygen atoms in total. The number of nitrogens with zero attached hydrogens (tertiary/aromatic N) is 1. The minimum Gasteiger partial charge on any atom is -0.328 e. The van der Waals surface area contributed by atoms with Gasteiger partial charge in [0.2, 0.25) is 0 Å². The highest BCUT2D eigenvalue weighted by atomic mass is 15.2. The Morgan fingerprint density at radius 1 is 1.07 bits per heavy atom. The Morgan fingerprint density at radius 2 is 1.67 bits per heavy atom. The first-order chi connectivity index (χ1) is 7.25. The monoisotopic (exact) mass is 208 g/mol. The van der Waals surface area contributed by atoms with Crippen molar-refractivity contribution in [2.75, 3.05) is 0 Å². The van der Waals surface area contributed by atoms with E-state index in [2.05, 4.69) is 11.8 Å². The lowest BCUT2D eigenvalue weighted by molar-refractivity contribution is -0.00652. The molecule has 3 aliphatic rings. The van der Waals surface area contributed by atoms with Crippen molar-refractivity contribution < 1.29 is 0 Å². The molecule has 0 spiro atoms. The van der Waals surface area contributed by atoms with Gasteiger partial charge in [-0.25, -0.2) is 0 Å². The second-order valence-corrected chi connectivity index (χ2v) is 6.00. The van der Waals surface area contributed by atoms with E-state index in [0.717, 1.165) is 24.0 Å². The summed E-state index contributed by atoms with van der Waals surface area (Å²) >= 11 is 0. The molecule has 2 bridgehead atoms. The maximum atomic E-state index is 6.15. The molecule has 2 heteroatoms. The quantitative estimate of drug-likeness (QED) is 0.753. The molecule has 2 N–H and O–H groups in total. The molecule has 0 aromatic rings. The van der Waals surface area contributed by atoms with Gasteiger partial charge in [0, 0.05) is 24.2 Å². The standard InChI is InChI=1S/C13H24N2/c1-9(10-5-6-10)15-12-3-2-4-13(15)8-11(14)7-12/h9-13H,2-8,14H2,1H3. The molecule has 0 aromatic heterocycles. The molecular weight excluding hydrogens is 184 g/mol. The van der Waals surface area contributed by atoms with Crippen LogP contribution in [0.15, 0.2) is 0 Å². The van der Waals surface area contributed by atoms with Gasteiger partial charge in [-0.15, -0.1) is 0 Å². The molecule has 1 saturated carbocycles. The zero-order valence-electron chi connectivity index (χ0n) is 9.86. The summed E-state index contributed by atoms with van der Waals surface area (Å²) in [4.78, 5) is 2.85. The molecule has 86 valence electrons. The number of rotatable bonds is 2. The third-order valence-electron chi connectivity index (χ3n) is 4.84. The Kier molecular flexibility index (Phi) is 2.52. The van der Waals surface area contributed by atoms with E-state index >= 15 is 0 Å². The number of hydrogen-bond donors (Lipinski definition) is 1. The fourth-order valence-corrected chi connectivity index (χ4v) is 3.95. The van der Waals surface area contributed by atoms with E-state index in [-0.39, 0.29) is 0 Å². The van der Waals surface area contributed by atoms with Crippen molar-refractivity contribution >= 4 is 0 Å². The number of hydrogen-bond acceptors (Lipinski definition) is 2. The van der Waals surface area contributed by atoms with Crippen LogP contribution in [-0.4, -0.2) is 29.1 Å². The second kappa shape index (κ2) is 3.74. The Morgan fingerprint density at radius 3 is 2.20 bits per heavy atom. The molecule has 2 heterocycles. The van der Waals surface area contributed by atoms with Crippen molar-refractivity contribution in [2.45, 2.75) is 76.0 Å². The zero-order valence-corrected chi connectivity index (χ0v) is 9.86. The molecule has 0 radical (unpaired) electrons. The first-order valence-corrected chi connectivity index (χ1v) is 6.78. The Labute approximate surface area is 93.2 Å². The molecule has 0 amide bonds. The van der Waals surface area contributed by atoms with E-state index in [1.165, 1.54) is 44.9 Å². The second-order valence-electron chi connectivity index (χ2n) is 6.00. The predicted octanol–water partition coefficient (Wildman–Crippen LogP) is 2.13. The highest BCUT2D eigenvalue weighted by Gasteiger charge is 2.43. The third-order valence-corrected chi connectivity index (χ3v) is 4.84. The van der Waals surface area contributed by atoms with Crippen molar-refractivity contribution in [3.63, 3.8) is 0 Å². The average Bonchev–Trinajstić information content (AvgIpc) is 2.98. The lowest BCUT2D eigenvalue weighted by atomic mass is 9.80. The van der Waals surface area contributed by atoms with E-state index in [1.807, 2.05) is 0 Å². The van der Waals surface area contributed by atoms with Crippen LogP contribution in [0.5, 0.6) is 0 Å². The van der Waals surface area contributed by atoms with Crippen LogP contribution >= 0.6 is 0 Å². The first-order valence-electron chi connectivity index (χ1n) is 6.78. The summed E-state index contributed by atoms with van der Waals surface area (Å²) in [6.07, 6.45) is 9.71. The van der Waals surface area contributed by atoms with Crippen LogP contribution in [0.25, 0.3) is 0 Å². The van der Waals surface area contributed by atoms with Gasteiger partial charge in [-0.2, -0.15) is 0 Å². The van der Waals surface area contributed by atoms with Crippen LogP contribution in [0.1, 0.15) is 51.9 Å². The van der Waals surface area contributed by atoms with Gasteiger partial charge in [-0.3, -0.25) is 4.90 Å². The molecule has 3 unspecified atom stereocenters. The Balaban J connectivity index is 1.75. The van der Waals surface area contributed by atoms with Crippen LogP contribution in [0.4, 0.5) is 0 Å². The van der Waals surface area contributed by atoms with Gasteiger partial charge in [-0.1, -0.05) is 6.42 Å². The summed E-state index contributed by atoms with van der Waals surface area (Å²) in [6, 6.07) is 2.97. The summed E-state index contributed by atoms with van der Waals surface area (Å²) in [6.45, 7) is 2.46. The number of fused-ring (bicyclic) bond motifs is 2. The maximum absolute atomic E-state index is 6.15. The molecule has 3 rings (SSSR count). The molecule has 3 fully saturated rings. The smallest absolute Gasteiger partial charge is 0.0116 e. The minimum absolute atomic E-state index is 0.489. The third kappa shape index (κ3) is 1.83. The molecule has 3 atom stereocenters. The van der Waals surface area contributed by atoms with E-state index < -0.39 is 0 Å². The minimum atomic E-state index is 0.489. The number of nitrogens with two attached hydrogens (primary N) is 1. The van der Waals surface area contributed by atoms with Crippen molar-refractivity contribution in [3.8, 4) is 0 Å². The van der Waals surface area contributed by atoms with Gasteiger partial charge < -0.3 is 5.73 Å². The predicted molar refractivity (Wildman–Crippen MR) is 62.7 cm³/mol. The molecule has 0 aromatic carbocycles. The Bertz CT molecular complexity index is 223. The van der Waals surface area contributed by atoms with Crippen LogP contribution in [0.2, 0.25) is 0 Å².